The standard InChI is InChI=1S/C16H18NO3/c1-10(5-4-8-18)13-7-3-6-12-9-17-11(2)14(15(12)13)16(19)20/h3,6-8,10H,4-5,9H2,1-2H3,(H,19,20). The molecule has 1 aliphatic heterocycles. The average Bonchev–Trinajstić information content (AvgIpc) is 2.43. The summed E-state index contributed by atoms with van der Waals surface area (Å²) in [6.07, 6.45) is 2.11. The SMILES string of the molecule is CC1=C(C(=O)O)c2c(cccc2C(C)CCC=O)C[N]1. The number of benzene rings is 1. The summed E-state index contributed by atoms with van der Waals surface area (Å²) < 4.78 is 0. The first-order valence-corrected chi connectivity index (χ1v) is 6.73. The van der Waals surface area contributed by atoms with E-state index in [-0.39, 0.29) is 5.92 Å². The number of nitrogens with zero attached hydrogens (tertiary/aromatic N) is 1. The van der Waals surface area contributed by atoms with Crippen LogP contribution < -0.4 is 5.32 Å². The van der Waals surface area contributed by atoms with Gasteiger partial charge < -0.3 is 9.90 Å². The molecule has 1 radical (unpaired) electrons. The molecule has 1 atom stereocenters. The van der Waals surface area contributed by atoms with Crippen LogP contribution in [0.2, 0.25) is 0 Å². The van der Waals surface area contributed by atoms with Crippen LogP contribution in [0.5, 0.6) is 0 Å². The molecule has 1 aromatic carbocycles. The van der Waals surface area contributed by atoms with Crippen LogP contribution in [0.15, 0.2) is 23.9 Å². The molecular weight excluding hydrogens is 254 g/mol. The van der Waals surface area contributed by atoms with E-state index in [4.69, 9.17) is 0 Å². The highest BCUT2D eigenvalue weighted by atomic mass is 16.4. The Bertz CT molecular complexity index is 575. The zero-order valence-electron chi connectivity index (χ0n) is 11.7. The van der Waals surface area contributed by atoms with Crippen molar-refractivity contribution in [2.24, 2.45) is 0 Å². The van der Waals surface area contributed by atoms with Crippen molar-refractivity contribution in [1.29, 1.82) is 0 Å². The van der Waals surface area contributed by atoms with Crippen LogP contribution in [0.1, 0.15) is 49.3 Å². The van der Waals surface area contributed by atoms with E-state index in [9.17, 15) is 14.7 Å². The number of rotatable bonds is 5. The molecule has 4 nitrogen and oxygen atoms in total. The molecule has 1 heterocycles. The highest BCUT2D eigenvalue weighted by molar-refractivity contribution is 6.17. The van der Waals surface area contributed by atoms with Gasteiger partial charge in [0, 0.05) is 12.1 Å². The minimum absolute atomic E-state index is 0.149. The third-order valence-electron chi connectivity index (χ3n) is 3.74. The number of carbonyl (C=O) groups is 2. The van der Waals surface area contributed by atoms with Gasteiger partial charge in [0.25, 0.3) is 0 Å². The van der Waals surface area contributed by atoms with Crippen molar-refractivity contribution < 1.29 is 14.7 Å². The molecule has 4 heteroatoms. The van der Waals surface area contributed by atoms with Crippen molar-refractivity contribution in [3.63, 3.8) is 0 Å². The molecule has 0 bridgehead atoms. The molecule has 0 saturated carbocycles. The predicted molar refractivity (Wildman–Crippen MR) is 76.2 cm³/mol. The molecule has 1 unspecified atom stereocenters. The number of carboxylic acids is 1. The Kier molecular flexibility index (Phi) is 4.23. The van der Waals surface area contributed by atoms with Gasteiger partial charge in [-0.05, 0) is 36.0 Å². The quantitative estimate of drug-likeness (QED) is 0.838. The van der Waals surface area contributed by atoms with E-state index in [1.165, 1.54) is 0 Å². The Morgan fingerprint density at radius 1 is 1.50 bits per heavy atom. The third-order valence-corrected chi connectivity index (χ3v) is 3.74. The van der Waals surface area contributed by atoms with Gasteiger partial charge in [0.05, 0.1) is 12.1 Å². The molecule has 105 valence electrons. The number of carbonyl (C=O) groups excluding carboxylic acids is 1. The lowest BCUT2D eigenvalue weighted by Crippen LogP contribution is -2.20. The van der Waals surface area contributed by atoms with Crippen molar-refractivity contribution in [1.82, 2.24) is 5.32 Å². The molecule has 0 aliphatic carbocycles. The van der Waals surface area contributed by atoms with Crippen LogP contribution in [0.3, 0.4) is 0 Å². The van der Waals surface area contributed by atoms with Crippen molar-refractivity contribution >= 4 is 17.8 Å². The lowest BCUT2D eigenvalue weighted by molar-refractivity contribution is -0.130. The van der Waals surface area contributed by atoms with E-state index in [1.807, 2.05) is 25.1 Å². The fourth-order valence-corrected chi connectivity index (χ4v) is 2.67. The molecule has 1 aliphatic rings. The summed E-state index contributed by atoms with van der Waals surface area (Å²) in [7, 11) is 0. The number of fused-ring (bicyclic) bond motifs is 1. The second kappa shape index (κ2) is 5.90. The van der Waals surface area contributed by atoms with E-state index in [0.29, 0.717) is 24.2 Å². The highest BCUT2D eigenvalue weighted by Crippen LogP contribution is 2.35. The van der Waals surface area contributed by atoms with Gasteiger partial charge in [0.1, 0.15) is 6.29 Å². The molecule has 0 fully saturated rings. The topological polar surface area (TPSA) is 68.5 Å². The lowest BCUT2D eigenvalue weighted by Gasteiger charge is -2.24. The molecule has 20 heavy (non-hydrogen) atoms. The number of hydrogen-bond donors (Lipinski definition) is 1. The second-order valence-corrected chi connectivity index (χ2v) is 5.11. The summed E-state index contributed by atoms with van der Waals surface area (Å²) >= 11 is 0. The first kappa shape index (κ1) is 14.3. The average molecular weight is 272 g/mol. The van der Waals surface area contributed by atoms with Gasteiger partial charge >= 0.3 is 5.97 Å². The predicted octanol–water partition coefficient (Wildman–Crippen LogP) is 2.70. The van der Waals surface area contributed by atoms with Gasteiger partial charge in [-0.15, -0.1) is 0 Å². The minimum atomic E-state index is -0.942. The lowest BCUT2D eigenvalue weighted by atomic mass is 9.84. The van der Waals surface area contributed by atoms with Crippen molar-refractivity contribution in [2.75, 3.05) is 0 Å². The van der Waals surface area contributed by atoms with Crippen LogP contribution in [0.4, 0.5) is 0 Å². The number of aliphatic carboxylic acids is 1. The van der Waals surface area contributed by atoms with Gasteiger partial charge in [0.15, 0.2) is 0 Å². The molecule has 0 aromatic heterocycles. The van der Waals surface area contributed by atoms with E-state index in [0.717, 1.165) is 29.4 Å². The Balaban J connectivity index is 2.52. The summed E-state index contributed by atoms with van der Waals surface area (Å²) in [5, 5.41) is 13.7. The fraction of sp³-hybridized carbons (Fsp3) is 0.375. The first-order valence-electron chi connectivity index (χ1n) is 6.73. The van der Waals surface area contributed by atoms with Crippen LogP contribution >= 0.6 is 0 Å². The minimum Gasteiger partial charge on any atom is -0.478 e. The summed E-state index contributed by atoms with van der Waals surface area (Å²) in [6.45, 7) is 4.28. The maximum absolute atomic E-state index is 11.5. The number of allylic oxidation sites excluding steroid dienone is 1. The zero-order valence-corrected chi connectivity index (χ0v) is 11.7. The molecule has 0 spiro atoms. The highest BCUT2D eigenvalue weighted by Gasteiger charge is 2.26. The second-order valence-electron chi connectivity index (χ2n) is 5.11. The molecule has 1 N–H and O–H groups in total. The van der Waals surface area contributed by atoms with Crippen LogP contribution in [-0.4, -0.2) is 17.4 Å². The summed E-state index contributed by atoms with van der Waals surface area (Å²) in [5.41, 5.74) is 3.60. The zero-order chi connectivity index (χ0) is 14.7. The van der Waals surface area contributed by atoms with E-state index in [2.05, 4.69) is 5.32 Å². The first-order chi connectivity index (χ1) is 9.56. The van der Waals surface area contributed by atoms with Crippen molar-refractivity contribution in [3.05, 3.63) is 40.6 Å². The van der Waals surface area contributed by atoms with Crippen molar-refractivity contribution in [2.45, 2.75) is 39.2 Å². The molecule has 0 saturated heterocycles. The number of carboxylic acid groups (broad SMARTS) is 1. The fourth-order valence-electron chi connectivity index (χ4n) is 2.67. The number of hydrogen-bond acceptors (Lipinski definition) is 2. The van der Waals surface area contributed by atoms with Gasteiger partial charge in [0.2, 0.25) is 0 Å². The van der Waals surface area contributed by atoms with Crippen LogP contribution in [0, 0.1) is 0 Å². The Morgan fingerprint density at radius 3 is 2.90 bits per heavy atom. The third kappa shape index (κ3) is 2.59. The smallest absolute Gasteiger partial charge is 0.338 e. The van der Waals surface area contributed by atoms with Gasteiger partial charge in [-0.1, -0.05) is 25.1 Å². The number of aldehydes is 1. The van der Waals surface area contributed by atoms with Gasteiger partial charge in [-0.3, -0.25) is 5.32 Å². The Labute approximate surface area is 118 Å². The summed E-state index contributed by atoms with van der Waals surface area (Å²) in [6, 6.07) is 5.81. The van der Waals surface area contributed by atoms with E-state index < -0.39 is 5.97 Å². The monoisotopic (exact) mass is 272 g/mol. The maximum atomic E-state index is 11.5. The molecule has 0 amide bonds. The molecule has 2 rings (SSSR count). The molecular formula is C16H18NO3. The van der Waals surface area contributed by atoms with E-state index in [1.54, 1.807) is 6.92 Å². The van der Waals surface area contributed by atoms with Gasteiger partial charge in [-0.2, -0.15) is 0 Å². The summed E-state index contributed by atoms with van der Waals surface area (Å²) in [5.74, 6) is -0.794. The van der Waals surface area contributed by atoms with Crippen LogP contribution in [-0.2, 0) is 16.1 Å². The molecule has 1 aromatic rings. The largest absolute Gasteiger partial charge is 0.478 e. The van der Waals surface area contributed by atoms with E-state index >= 15 is 0 Å². The maximum Gasteiger partial charge on any atom is 0.338 e. The Morgan fingerprint density at radius 2 is 2.25 bits per heavy atom. The summed E-state index contributed by atoms with van der Waals surface area (Å²) in [4.78, 5) is 22.1. The normalized spacial score (nSPS) is 15.3. The van der Waals surface area contributed by atoms with Crippen molar-refractivity contribution in [3.8, 4) is 0 Å². The van der Waals surface area contributed by atoms with Crippen LogP contribution in [0.25, 0.3) is 5.57 Å². The van der Waals surface area contributed by atoms with Gasteiger partial charge in [-0.25, -0.2) is 4.79 Å². The Hall–Kier alpha value is -2.10.